The Hall–Kier alpha value is -2.27. The molecule has 2 N–H and O–H groups in total. The van der Waals surface area contributed by atoms with Gasteiger partial charge >= 0.3 is 0 Å². The number of nitrogens with one attached hydrogen (secondary N) is 1. The van der Waals surface area contributed by atoms with E-state index in [1.54, 1.807) is 23.2 Å². The Balaban J connectivity index is 1.73. The van der Waals surface area contributed by atoms with E-state index in [0.29, 0.717) is 33.8 Å². The number of aliphatic hydroxyl groups excluding tert-OH is 1. The van der Waals surface area contributed by atoms with Crippen molar-refractivity contribution in [2.75, 3.05) is 31.6 Å². The number of hydrogen-bond donors (Lipinski definition) is 2. The quantitative estimate of drug-likeness (QED) is 0.512. The Morgan fingerprint density at radius 1 is 1.43 bits per heavy atom. The molecule has 2 saturated heterocycles. The molecule has 1 amide bonds. The maximum atomic E-state index is 13.2. The van der Waals surface area contributed by atoms with E-state index in [4.69, 9.17) is 17.0 Å². The van der Waals surface area contributed by atoms with Gasteiger partial charge < -0.3 is 15.2 Å². The van der Waals surface area contributed by atoms with Crippen LogP contribution < -0.4 is 10.9 Å². The van der Waals surface area contributed by atoms with E-state index in [2.05, 4.69) is 10.3 Å². The molecule has 4 rings (SSSR count). The second-order valence-electron chi connectivity index (χ2n) is 7.19. The smallest absolute Gasteiger partial charge is 0.267 e. The molecule has 2 aromatic heterocycles. The molecule has 10 heteroatoms. The zero-order chi connectivity index (χ0) is 21.3. The summed E-state index contributed by atoms with van der Waals surface area (Å²) in [5.41, 5.74) is 1.35. The molecule has 30 heavy (non-hydrogen) atoms. The van der Waals surface area contributed by atoms with Crippen LogP contribution in [0.3, 0.4) is 0 Å². The number of pyridine rings is 1. The van der Waals surface area contributed by atoms with E-state index in [-0.39, 0.29) is 36.3 Å². The van der Waals surface area contributed by atoms with Crippen LogP contribution in [0.5, 0.6) is 0 Å². The number of nitrogens with zero attached hydrogens (tertiary/aromatic N) is 3. The summed E-state index contributed by atoms with van der Waals surface area (Å²) in [6.45, 7) is 3.13. The van der Waals surface area contributed by atoms with Gasteiger partial charge in [-0.1, -0.05) is 30.0 Å². The van der Waals surface area contributed by atoms with Crippen molar-refractivity contribution < 1.29 is 14.6 Å². The number of amides is 1. The molecule has 4 heterocycles. The number of aromatic nitrogens is 2. The Bertz CT molecular complexity index is 1090. The molecule has 0 saturated carbocycles. The van der Waals surface area contributed by atoms with Gasteiger partial charge in [0.15, 0.2) is 0 Å². The summed E-state index contributed by atoms with van der Waals surface area (Å²) in [5.74, 6) is 0.0876. The van der Waals surface area contributed by atoms with Gasteiger partial charge in [-0.15, -0.1) is 0 Å². The molecule has 1 atom stereocenters. The second kappa shape index (κ2) is 8.84. The molecule has 2 fully saturated rings. The van der Waals surface area contributed by atoms with Crippen LogP contribution in [-0.4, -0.2) is 62.0 Å². The zero-order valence-electron chi connectivity index (χ0n) is 16.5. The van der Waals surface area contributed by atoms with Crippen molar-refractivity contribution in [2.24, 2.45) is 0 Å². The fourth-order valence-corrected chi connectivity index (χ4v) is 4.74. The monoisotopic (exact) mass is 446 g/mol. The molecule has 0 spiro atoms. The number of ether oxygens (including phenoxy) is 1. The first-order valence-electron chi connectivity index (χ1n) is 9.72. The van der Waals surface area contributed by atoms with Gasteiger partial charge in [-0.2, -0.15) is 0 Å². The molecule has 0 aromatic carbocycles. The van der Waals surface area contributed by atoms with Crippen molar-refractivity contribution in [3.05, 3.63) is 44.7 Å². The summed E-state index contributed by atoms with van der Waals surface area (Å²) in [5, 5.41) is 12.2. The van der Waals surface area contributed by atoms with Crippen LogP contribution in [0.2, 0.25) is 0 Å². The SMILES string of the molecule is Cc1ccc2nc(NCCO)c(/C=C3\SC(=S)N(CC4CCCO4)C3=O)c(=O)n2c1. The van der Waals surface area contributed by atoms with E-state index in [1.807, 2.05) is 13.0 Å². The first kappa shape index (κ1) is 21.0. The molecule has 0 aliphatic carbocycles. The number of thioether (sulfide) groups is 1. The van der Waals surface area contributed by atoms with E-state index in [9.17, 15) is 14.7 Å². The first-order chi connectivity index (χ1) is 14.5. The van der Waals surface area contributed by atoms with Gasteiger partial charge in [0.2, 0.25) is 0 Å². The van der Waals surface area contributed by atoms with Crippen molar-refractivity contribution >= 4 is 51.7 Å². The average molecular weight is 447 g/mol. The van der Waals surface area contributed by atoms with Crippen LogP contribution in [0.15, 0.2) is 28.0 Å². The van der Waals surface area contributed by atoms with Crippen molar-refractivity contribution in [2.45, 2.75) is 25.9 Å². The van der Waals surface area contributed by atoms with Crippen molar-refractivity contribution in [1.29, 1.82) is 0 Å². The third-order valence-electron chi connectivity index (χ3n) is 4.97. The number of carbonyl (C=O) groups is 1. The summed E-state index contributed by atoms with van der Waals surface area (Å²) < 4.78 is 7.54. The number of carbonyl (C=O) groups excluding carboxylic acids is 1. The summed E-state index contributed by atoms with van der Waals surface area (Å²) in [7, 11) is 0. The number of thiocarbonyl (C=S) groups is 1. The van der Waals surface area contributed by atoms with Gasteiger partial charge in [-0.25, -0.2) is 4.98 Å². The third-order valence-corrected chi connectivity index (χ3v) is 6.35. The minimum absolute atomic E-state index is 0.00966. The first-order valence-corrected chi connectivity index (χ1v) is 10.9. The van der Waals surface area contributed by atoms with Crippen LogP contribution in [-0.2, 0) is 9.53 Å². The van der Waals surface area contributed by atoms with E-state index in [0.717, 1.165) is 18.4 Å². The van der Waals surface area contributed by atoms with Gasteiger partial charge in [0, 0.05) is 19.3 Å². The van der Waals surface area contributed by atoms with Gasteiger partial charge in [0.05, 0.1) is 29.7 Å². The maximum absolute atomic E-state index is 13.2. The average Bonchev–Trinajstić information content (AvgIpc) is 3.33. The number of aliphatic hydroxyl groups is 1. The molecular formula is C20H22N4O4S2. The summed E-state index contributed by atoms with van der Waals surface area (Å²) >= 11 is 6.57. The number of rotatable bonds is 6. The fraction of sp³-hybridized carbons (Fsp3) is 0.400. The fourth-order valence-electron chi connectivity index (χ4n) is 3.48. The minimum atomic E-state index is -0.298. The molecule has 8 nitrogen and oxygen atoms in total. The number of aryl methyl sites for hydroxylation is 1. The highest BCUT2D eigenvalue weighted by Crippen LogP contribution is 2.34. The molecule has 2 aromatic rings. The number of fused-ring (bicyclic) bond motifs is 1. The molecule has 2 aliphatic heterocycles. The van der Waals surface area contributed by atoms with Gasteiger partial charge in [-0.05, 0) is 37.5 Å². The maximum Gasteiger partial charge on any atom is 0.267 e. The topological polar surface area (TPSA) is 96.2 Å². The summed E-state index contributed by atoms with van der Waals surface area (Å²) in [6, 6.07) is 3.62. The number of hydrogen-bond acceptors (Lipinski definition) is 8. The van der Waals surface area contributed by atoms with Crippen LogP contribution in [0, 0.1) is 6.92 Å². The Morgan fingerprint density at radius 2 is 2.27 bits per heavy atom. The van der Waals surface area contributed by atoms with Gasteiger partial charge in [0.25, 0.3) is 11.5 Å². The van der Waals surface area contributed by atoms with Crippen LogP contribution >= 0.6 is 24.0 Å². The van der Waals surface area contributed by atoms with Crippen LogP contribution in [0.25, 0.3) is 11.7 Å². The lowest BCUT2D eigenvalue weighted by Crippen LogP contribution is -2.35. The lowest BCUT2D eigenvalue weighted by Gasteiger charge is -2.18. The summed E-state index contributed by atoms with van der Waals surface area (Å²) in [6.07, 6.45) is 5.12. The second-order valence-corrected chi connectivity index (χ2v) is 8.87. The van der Waals surface area contributed by atoms with Crippen molar-refractivity contribution in [3.8, 4) is 0 Å². The van der Waals surface area contributed by atoms with Crippen LogP contribution in [0.1, 0.15) is 24.0 Å². The highest BCUT2D eigenvalue weighted by atomic mass is 32.2. The predicted molar refractivity (Wildman–Crippen MR) is 121 cm³/mol. The Kier molecular flexibility index (Phi) is 6.19. The standard InChI is InChI=1S/C20H22N4O4S2/c1-12-4-5-16-22-17(21-6-7-25)14(18(26)23(16)10-12)9-15-19(27)24(20(29)30-15)11-13-3-2-8-28-13/h4-5,9-10,13,21,25H,2-3,6-8,11H2,1H3/b15-9-. The Morgan fingerprint density at radius 3 is 3.00 bits per heavy atom. The molecule has 0 radical (unpaired) electrons. The van der Waals surface area contributed by atoms with E-state index >= 15 is 0 Å². The van der Waals surface area contributed by atoms with Crippen molar-refractivity contribution in [3.63, 3.8) is 0 Å². The van der Waals surface area contributed by atoms with E-state index < -0.39 is 0 Å². The third kappa shape index (κ3) is 4.13. The predicted octanol–water partition coefficient (Wildman–Crippen LogP) is 1.79. The normalized spacial score (nSPS) is 20.7. The minimum Gasteiger partial charge on any atom is -0.395 e. The lowest BCUT2D eigenvalue weighted by atomic mass is 10.2. The molecule has 2 aliphatic rings. The van der Waals surface area contributed by atoms with Gasteiger partial charge in [0.1, 0.15) is 15.8 Å². The van der Waals surface area contributed by atoms with E-state index in [1.165, 1.54) is 16.2 Å². The molecule has 1 unspecified atom stereocenters. The molecular weight excluding hydrogens is 424 g/mol. The zero-order valence-corrected chi connectivity index (χ0v) is 18.1. The largest absolute Gasteiger partial charge is 0.395 e. The number of anilines is 1. The van der Waals surface area contributed by atoms with Crippen LogP contribution in [0.4, 0.5) is 5.82 Å². The van der Waals surface area contributed by atoms with Gasteiger partial charge in [-0.3, -0.25) is 18.9 Å². The molecule has 0 bridgehead atoms. The highest BCUT2D eigenvalue weighted by Gasteiger charge is 2.35. The molecule has 158 valence electrons. The lowest BCUT2D eigenvalue weighted by molar-refractivity contribution is -0.123. The highest BCUT2D eigenvalue weighted by molar-refractivity contribution is 8.26. The summed E-state index contributed by atoms with van der Waals surface area (Å²) in [4.78, 5) is 32.6. The Labute approximate surface area is 182 Å². The van der Waals surface area contributed by atoms with Crippen molar-refractivity contribution in [1.82, 2.24) is 14.3 Å².